The maximum Gasteiger partial charge on any atom is 0.303 e. The third-order valence-electron chi connectivity index (χ3n) is 3.76. The van der Waals surface area contributed by atoms with Crippen LogP contribution in [-0.2, 0) is 4.79 Å². The van der Waals surface area contributed by atoms with Crippen LogP contribution in [0.2, 0.25) is 0 Å². The Morgan fingerprint density at radius 3 is 1.84 bits per heavy atom. The molecule has 3 unspecified atom stereocenters. The summed E-state index contributed by atoms with van der Waals surface area (Å²) in [6.45, 7) is 3.59. The fraction of sp³-hybridized carbons (Fsp3) is 0.933. The highest BCUT2D eigenvalue weighted by molar-refractivity contribution is 5.66. The molecule has 0 spiro atoms. The summed E-state index contributed by atoms with van der Waals surface area (Å²) < 4.78 is 0. The van der Waals surface area contributed by atoms with Crippen LogP contribution in [-0.4, -0.2) is 33.5 Å². The van der Waals surface area contributed by atoms with Crippen LogP contribution in [0.3, 0.4) is 0 Å². The second-order valence-electron chi connectivity index (χ2n) is 5.57. The van der Waals surface area contributed by atoms with Crippen LogP contribution in [0, 0.1) is 5.92 Å². The van der Waals surface area contributed by atoms with Gasteiger partial charge in [0.1, 0.15) is 0 Å². The monoisotopic (exact) mass is 274 g/mol. The molecule has 114 valence electrons. The van der Waals surface area contributed by atoms with Crippen LogP contribution in [0.25, 0.3) is 0 Å². The van der Waals surface area contributed by atoms with Crippen molar-refractivity contribution in [2.24, 2.45) is 5.92 Å². The predicted octanol–water partition coefficient (Wildman–Crippen LogP) is 2.96. The molecule has 0 amide bonds. The molecule has 4 heteroatoms. The summed E-state index contributed by atoms with van der Waals surface area (Å²) in [4.78, 5) is 10.3. The number of rotatable bonds is 12. The van der Waals surface area contributed by atoms with Crippen LogP contribution in [0.4, 0.5) is 0 Å². The molecule has 0 saturated carbocycles. The van der Waals surface area contributed by atoms with E-state index in [1.54, 1.807) is 6.92 Å². The number of carboxylic acid groups (broad SMARTS) is 1. The molecular weight excluding hydrogens is 244 g/mol. The zero-order valence-electron chi connectivity index (χ0n) is 12.3. The van der Waals surface area contributed by atoms with Gasteiger partial charge in [0.2, 0.25) is 0 Å². The number of carboxylic acids is 1. The number of hydrogen-bond donors (Lipinski definition) is 3. The Balaban J connectivity index is 3.29. The highest BCUT2D eigenvalue weighted by Crippen LogP contribution is 2.16. The predicted molar refractivity (Wildman–Crippen MR) is 76.0 cm³/mol. The first-order valence-corrected chi connectivity index (χ1v) is 7.53. The molecule has 0 heterocycles. The molecule has 0 aliphatic rings. The van der Waals surface area contributed by atoms with E-state index in [2.05, 4.69) is 0 Å². The van der Waals surface area contributed by atoms with Crippen molar-refractivity contribution in [3.05, 3.63) is 0 Å². The van der Waals surface area contributed by atoms with Gasteiger partial charge in [-0.2, -0.15) is 0 Å². The van der Waals surface area contributed by atoms with E-state index in [0.717, 1.165) is 51.4 Å². The SMILES string of the molecule is CC(O)C(C)C(O)CCCCCCCCCC(=O)O. The standard InChI is InChI=1S/C15H30O4/c1-12(13(2)16)14(17)10-8-6-4-3-5-7-9-11-15(18)19/h12-14,16-17H,3-11H2,1-2H3,(H,18,19). The molecule has 0 rings (SSSR count). The lowest BCUT2D eigenvalue weighted by atomic mass is 9.94. The van der Waals surface area contributed by atoms with Crippen molar-refractivity contribution in [2.45, 2.75) is 83.8 Å². The van der Waals surface area contributed by atoms with E-state index in [4.69, 9.17) is 5.11 Å². The molecule has 3 atom stereocenters. The van der Waals surface area contributed by atoms with Crippen molar-refractivity contribution in [1.29, 1.82) is 0 Å². The summed E-state index contributed by atoms with van der Waals surface area (Å²) in [5, 5.41) is 27.6. The molecule has 19 heavy (non-hydrogen) atoms. The minimum absolute atomic E-state index is 0.0592. The second-order valence-corrected chi connectivity index (χ2v) is 5.57. The minimum Gasteiger partial charge on any atom is -0.481 e. The normalized spacial score (nSPS) is 16.0. The van der Waals surface area contributed by atoms with Crippen molar-refractivity contribution in [2.75, 3.05) is 0 Å². The maximum atomic E-state index is 10.3. The molecular formula is C15H30O4. The van der Waals surface area contributed by atoms with Crippen molar-refractivity contribution < 1.29 is 20.1 Å². The molecule has 0 radical (unpaired) electrons. The molecule has 4 nitrogen and oxygen atoms in total. The van der Waals surface area contributed by atoms with Crippen molar-refractivity contribution in [3.63, 3.8) is 0 Å². The van der Waals surface area contributed by atoms with Gasteiger partial charge >= 0.3 is 5.97 Å². The van der Waals surface area contributed by atoms with Crippen LogP contribution < -0.4 is 0 Å². The number of hydrogen-bond acceptors (Lipinski definition) is 3. The summed E-state index contributed by atoms with van der Waals surface area (Å²) >= 11 is 0. The van der Waals surface area contributed by atoms with Crippen LogP contribution in [0.15, 0.2) is 0 Å². The zero-order chi connectivity index (χ0) is 14.7. The lowest BCUT2D eigenvalue weighted by Gasteiger charge is -2.21. The van der Waals surface area contributed by atoms with Crippen molar-refractivity contribution >= 4 is 5.97 Å². The first-order valence-electron chi connectivity index (χ1n) is 7.53. The Kier molecular flexibility index (Phi) is 10.9. The van der Waals surface area contributed by atoms with Gasteiger partial charge < -0.3 is 15.3 Å². The van der Waals surface area contributed by atoms with E-state index in [-0.39, 0.29) is 12.3 Å². The molecule has 3 N–H and O–H groups in total. The van der Waals surface area contributed by atoms with Gasteiger partial charge in [0.25, 0.3) is 0 Å². The molecule has 0 aromatic carbocycles. The number of carbonyl (C=O) groups is 1. The third kappa shape index (κ3) is 11.0. The molecule has 0 aromatic heterocycles. The Morgan fingerprint density at radius 2 is 1.37 bits per heavy atom. The fourth-order valence-corrected chi connectivity index (χ4v) is 2.10. The molecule has 0 fully saturated rings. The van der Waals surface area contributed by atoms with Gasteiger partial charge in [0, 0.05) is 12.3 Å². The number of aliphatic hydroxyl groups is 2. The topological polar surface area (TPSA) is 77.8 Å². The van der Waals surface area contributed by atoms with Gasteiger partial charge in [0.05, 0.1) is 12.2 Å². The van der Waals surface area contributed by atoms with Crippen LogP contribution in [0.5, 0.6) is 0 Å². The van der Waals surface area contributed by atoms with Gasteiger partial charge in [-0.3, -0.25) is 4.79 Å². The van der Waals surface area contributed by atoms with Gasteiger partial charge in [-0.25, -0.2) is 0 Å². The smallest absolute Gasteiger partial charge is 0.303 e. The van der Waals surface area contributed by atoms with Gasteiger partial charge in [-0.1, -0.05) is 45.4 Å². The van der Waals surface area contributed by atoms with Gasteiger partial charge in [-0.05, 0) is 19.8 Å². The Hall–Kier alpha value is -0.610. The summed E-state index contributed by atoms with van der Waals surface area (Å²) in [6.07, 6.45) is 7.42. The Bertz CT molecular complexity index is 228. The average molecular weight is 274 g/mol. The van der Waals surface area contributed by atoms with Crippen molar-refractivity contribution in [3.8, 4) is 0 Å². The van der Waals surface area contributed by atoms with Gasteiger partial charge in [0.15, 0.2) is 0 Å². The largest absolute Gasteiger partial charge is 0.481 e. The fourth-order valence-electron chi connectivity index (χ4n) is 2.10. The summed E-state index contributed by atoms with van der Waals surface area (Å²) in [6, 6.07) is 0. The first kappa shape index (κ1) is 18.4. The minimum atomic E-state index is -0.707. The van der Waals surface area contributed by atoms with Crippen LogP contribution in [0.1, 0.15) is 71.6 Å². The average Bonchev–Trinajstić information content (AvgIpc) is 2.35. The highest BCUT2D eigenvalue weighted by Gasteiger charge is 2.18. The van der Waals surface area contributed by atoms with Gasteiger partial charge in [-0.15, -0.1) is 0 Å². The molecule has 0 aliphatic carbocycles. The number of aliphatic carboxylic acids is 1. The third-order valence-corrected chi connectivity index (χ3v) is 3.76. The first-order chi connectivity index (χ1) is 8.95. The Morgan fingerprint density at radius 1 is 0.895 bits per heavy atom. The highest BCUT2D eigenvalue weighted by atomic mass is 16.4. The quantitative estimate of drug-likeness (QED) is 0.478. The molecule has 0 aromatic rings. The van der Waals surface area contributed by atoms with Crippen molar-refractivity contribution in [1.82, 2.24) is 0 Å². The molecule has 0 aliphatic heterocycles. The second kappa shape index (κ2) is 11.2. The number of unbranched alkanes of at least 4 members (excludes halogenated alkanes) is 6. The van der Waals surface area contributed by atoms with E-state index in [1.807, 2.05) is 6.92 Å². The van der Waals surface area contributed by atoms with E-state index >= 15 is 0 Å². The summed E-state index contributed by atoms with van der Waals surface area (Å²) in [5.41, 5.74) is 0. The molecule has 0 bridgehead atoms. The number of aliphatic hydroxyl groups excluding tert-OH is 2. The van der Waals surface area contributed by atoms with E-state index in [0.29, 0.717) is 0 Å². The summed E-state index contributed by atoms with van der Waals surface area (Å²) in [7, 11) is 0. The Labute approximate surface area is 116 Å². The van der Waals surface area contributed by atoms with E-state index in [1.165, 1.54) is 0 Å². The van der Waals surface area contributed by atoms with E-state index in [9.17, 15) is 15.0 Å². The van der Waals surface area contributed by atoms with E-state index < -0.39 is 18.2 Å². The zero-order valence-corrected chi connectivity index (χ0v) is 12.3. The lowest BCUT2D eigenvalue weighted by Crippen LogP contribution is -2.27. The maximum absolute atomic E-state index is 10.3. The molecule has 0 saturated heterocycles. The van der Waals surface area contributed by atoms with Crippen LogP contribution >= 0.6 is 0 Å². The lowest BCUT2D eigenvalue weighted by molar-refractivity contribution is -0.137. The summed E-state index contributed by atoms with van der Waals surface area (Å²) in [5.74, 6) is -0.766.